The molecule has 0 aliphatic rings. The first-order chi connectivity index (χ1) is 58.6. The number of Topliss-reactive ketones (excluding diaryl/α,β-unsaturated/α-hetero) is 4. The maximum Gasteiger partial charge on any atom is 1.00 e. The SMILES string of the molecule is CCCCCCCC(=O)c1ccc(O)cc1.CCCCCCCCC(Br)C(=O)OCC.CCCCCCCCC(Oc1ccc(C(=O)CCCCCCC)cc1)C(=O)O.CCCCCCCCC(Oc1ccc(C(=O)CCCCCCC)cc1)C(=O)OCC.CCCCCCCCC(Oc1ccc(C(=O)CCCCCCC)cc1)C(=O)[O-].O=CO[O-].[Li+].[Na+].[Na+].[OH-]. The number of halogens is 1. The zero-order valence-corrected chi connectivity index (χ0v) is 85.6. The number of carboxylic acid groups (broad SMARTS) is 2. The number of hydrogen-bond acceptors (Lipinski definition) is 19. The zero-order chi connectivity index (χ0) is 90.0. The molecule has 0 spiro atoms. The molecule has 0 amide bonds. The summed E-state index contributed by atoms with van der Waals surface area (Å²) >= 11 is 3.35. The Kier molecular flexibility index (Phi) is 99.7. The van der Waals surface area contributed by atoms with E-state index in [1.807, 2.05) is 13.8 Å². The average Bonchev–Trinajstić information content (AvgIpc) is 0.866. The van der Waals surface area contributed by atoms with Crippen LogP contribution in [0.3, 0.4) is 0 Å². The van der Waals surface area contributed by atoms with Gasteiger partial charge < -0.3 is 59.4 Å². The van der Waals surface area contributed by atoms with Crippen molar-refractivity contribution in [2.24, 2.45) is 0 Å². The smallest absolute Gasteiger partial charge is 0.870 e. The van der Waals surface area contributed by atoms with Gasteiger partial charge in [-0.05, 0) is 182 Å². The van der Waals surface area contributed by atoms with E-state index in [1.165, 1.54) is 173 Å². The third kappa shape index (κ3) is 76.5. The Labute approximate surface area is 819 Å². The Morgan fingerprint density at radius 2 is 0.552 bits per heavy atom. The fraction of sp³-hybridized carbons (Fsp3) is 0.673. The first kappa shape index (κ1) is 131. The number of ketones is 4. The second kappa shape index (κ2) is 95.2. The minimum atomic E-state index is -1.18. The second-order valence-electron chi connectivity index (χ2n) is 31.3. The summed E-state index contributed by atoms with van der Waals surface area (Å²) in [7, 11) is 0. The first-order valence-corrected chi connectivity index (χ1v) is 47.9. The molecule has 20 nitrogen and oxygen atoms in total. The van der Waals surface area contributed by atoms with Gasteiger partial charge in [-0.15, -0.1) is 0 Å². The molecule has 0 aromatic heterocycles. The van der Waals surface area contributed by atoms with Crippen molar-refractivity contribution in [3.8, 4) is 23.0 Å². The molecule has 0 heterocycles. The third-order valence-electron chi connectivity index (χ3n) is 20.5. The van der Waals surface area contributed by atoms with Gasteiger partial charge in [-0.25, -0.2) is 9.59 Å². The molecule has 4 rings (SSSR count). The maximum atomic E-state index is 12.3. The van der Waals surface area contributed by atoms with Crippen molar-refractivity contribution in [3.05, 3.63) is 119 Å². The van der Waals surface area contributed by atoms with Crippen LogP contribution in [0.1, 0.15) is 445 Å². The van der Waals surface area contributed by atoms with Crippen LogP contribution in [0.2, 0.25) is 0 Å². The molecule has 125 heavy (non-hydrogen) atoms. The van der Waals surface area contributed by atoms with E-state index in [0.29, 0.717) is 97.7 Å². The van der Waals surface area contributed by atoms with Crippen molar-refractivity contribution >= 4 is 69.4 Å². The molecule has 4 unspecified atom stereocenters. The number of carboxylic acids is 2. The van der Waals surface area contributed by atoms with Gasteiger partial charge in [0.25, 0.3) is 6.47 Å². The molecule has 0 saturated carbocycles. The topological polar surface area (TPSA) is 326 Å². The average molecular weight is 1830 g/mol. The number of phenols is 1. The van der Waals surface area contributed by atoms with Crippen LogP contribution in [0.25, 0.3) is 0 Å². The van der Waals surface area contributed by atoms with Gasteiger partial charge in [0, 0.05) is 47.9 Å². The normalized spacial score (nSPS) is 11.2. The summed E-state index contributed by atoms with van der Waals surface area (Å²) in [5, 5.41) is 38.3. The standard InChI is InChI=1S/C26H42O4.2C24H38O4.C14H20O2.C12H23BrO2.CH2O3.Li.2Na.H2O/c1-4-7-9-11-13-15-17-25(26(28)29-6-3)30-23-20-18-22(19-21-23)24(27)16-14-12-10-8-5-2;2*1-3-5-7-9-11-13-15-23(24(26)27)28-21-18-16-20(17-19-21)22(25)14-12-10-8-6-4-2;1-2-3-4-5-6-7-14(16)12-8-10-13(15)11-9-12;1-3-5-6-7-8-9-10-11(13)12(14)15-4-2;2-1-4-3;;;;/h18-21,25H,4-17H2,1-3H3;2*16-19,23H,3-15H2,1-2H3,(H,26,27);8-11,15H,2-7H2,1H3;11H,3-10H2,1-2H3;1,3H;;;;1H2/q;;;;;;3*+1;/p-3. The molecule has 4 aromatic carbocycles. The van der Waals surface area contributed by atoms with Crippen molar-refractivity contribution < 1.29 is 176 Å². The van der Waals surface area contributed by atoms with Crippen molar-refractivity contribution in [1.82, 2.24) is 0 Å². The number of esters is 2. The van der Waals surface area contributed by atoms with Crippen molar-refractivity contribution in [1.29, 1.82) is 0 Å². The zero-order valence-electron chi connectivity index (χ0n) is 80.0. The van der Waals surface area contributed by atoms with Gasteiger partial charge in [0.15, 0.2) is 35.3 Å². The van der Waals surface area contributed by atoms with E-state index in [4.69, 9.17) is 38.8 Å². The number of hydrogen-bond donors (Lipinski definition) is 2. The number of benzene rings is 4. The molecule has 0 saturated heterocycles. The van der Waals surface area contributed by atoms with Crippen LogP contribution in [-0.2, 0) is 38.3 Å². The summed E-state index contributed by atoms with van der Waals surface area (Å²) in [6.45, 7) is 21.8. The van der Waals surface area contributed by atoms with Gasteiger partial charge in [0.1, 0.15) is 33.9 Å². The van der Waals surface area contributed by atoms with Crippen LogP contribution >= 0.6 is 15.9 Å². The number of ether oxygens (including phenoxy) is 5. The van der Waals surface area contributed by atoms with Crippen LogP contribution in [0.15, 0.2) is 97.1 Å². The second-order valence-corrected chi connectivity index (χ2v) is 32.4. The van der Waals surface area contributed by atoms with Gasteiger partial charge in [-0.3, -0.25) is 28.8 Å². The van der Waals surface area contributed by atoms with Crippen LogP contribution in [-0.4, -0.2) is 106 Å². The molecular weight excluding hydrogens is 1670 g/mol. The van der Waals surface area contributed by atoms with Gasteiger partial charge in [-0.1, -0.05) is 309 Å². The van der Waals surface area contributed by atoms with E-state index in [1.54, 1.807) is 97.1 Å². The number of aliphatic carboxylic acids is 2. The van der Waals surface area contributed by atoms with Crippen molar-refractivity contribution in [2.75, 3.05) is 13.2 Å². The Bertz CT molecular complexity index is 3080. The van der Waals surface area contributed by atoms with Gasteiger partial charge in [-0.2, -0.15) is 0 Å². The molecule has 4 aromatic rings. The van der Waals surface area contributed by atoms with Crippen LogP contribution < -0.4 is 103 Å². The summed E-state index contributed by atoms with van der Waals surface area (Å²) < 4.78 is 27.3. The van der Waals surface area contributed by atoms with Gasteiger partial charge in [0.05, 0.1) is 19.2 Å². The minimum Gasteiger partial charge on any atom is -0.870 e. The molecule has 0 bridgehead atoms. The van der Waals surface area contributed by atoms with Crippen molar-refractivity contribution in [2.45, 2.75) is 426 Å². The number of carbonyl (C=O) groups excluding carboxylic acids is 8. The third-order valence-corrected chi connectivity index (χ3v) is 21.4. The molecule has 24 heteroatoms. The summed E-state index contributed by atoms with van der Waals surface area (Å²) in [4.78, 5) is 106. The maximum absolute atomic E-state index is 12.3. The van der Waals surface area contributed by atoms with Gasteiger partial charge in [0.2, 0.25) is 0 Å². The summed E-state index contributed by atoms with van der Waals surface area (Å²) in [6.07, 6.45) is 53.1. The molecule has 0 aliphatic heterocycles. The van der Waals surface area contributed by atoms with Crippen molar-refractivity contribution in [3.63, 3.8) is 0 Å². The molecule has 0 aliphatic carbocycles. The predicted octanol–water partition coefficient (Wildman–Crippen LogP) is 16.8. The van der Waals surface area contributed by atoms with Crippen LogP contribution in [0.4, 0.5) is 0 Å². The summed E-state index contributed by atoms with van der Waals surface area (Å²) in [6, 6.07) is 27.4. The van der Waals surface area contributed by atoms with E-state index in [-0.39, 0.29) is 136 Å². The number of unbranched alkanes of at least 4 members (excludes halogenated alkanes) is 36. The Morgan fingerprint density at radius 3 is 0.808 bits per heavy atom. The molecule has 696 valence electrons. The summed E-state index contributed by atoms with van der Waals surface area (Å²) in [5.74, 6) is -0.110. The number of rotatable bonds is 69. The molecule has 4 atom stereocenters. The molecular formula is C101H162BrLiNa2O20. The van der Waals surface area contributed by atoms with E-state index in [0.717, 1.165) is 116 Å². The van der Waals surface area contributed by atoms with Gasteiger partial charge >= 0.3 is 95.9 Å². The molecule has 0 fully saturated rings. The van der Waals surface area contributed by atoms with E-state index in [9.17, 15) is 48.6 Å². The number of phenolic OH excluding ortho intramolecular Hbond substituents is 1. The first-order valence-electron chi connectivity index (χ1n) is 47.0. The monoisotopic (exact) mass is 1830 g/mol. The van der Waals surface area contributed by atoms with Crippen LogP contribution in [0, 0.1) is 0 Å². The number of aromatic hydroxyl groups is 1. The number of alkyl halides is 1. The largest absolute Gasteiger partial charge is 1.00 e. The van der Waals surface area contributed by atoms with E-state index >= 15 is 0 Å². The van der Waals surface area contributed by atoms with E-state index < -0.39 is 30.3 Å². The Morgan fingerprint density at radius 1 is 0.336 bits per heavy atom. The fourth-order valence-corrected chi connectivity index (χ4v) is 13.6. The number of carbonyl (C=O) groups is 9. The van der Waals surface area contributed by atoms with Crippen LogP contribution in [0.5, 0.6) is 23.0 Å². The minimum absolute atomic E-state index is 0. The summed E-state index contributed by atoms with van der Waals surface area (Å²) in [5.41, 5.74) is 2.74. The van der Waals surface area contributed by atoms with E-state index in [2.05, 4.69) is 76.2 Å². The fourth-order valence-electron chi connectivity index (χ4n) is 13.1. The Hall–Kier alpha value is -4.89. The molecule has 3 N–H and O–H groups in total. The Balaban J connectivity index is -0.000000355. The molecule has 0 radical (unpaired) electrons. The predicted molar refractivity (Wildman–Crippen MR) is 491 cm³/mol. The quantitative estimate of drug-likeness (QED) is 0.00606.